The highest BCUT2D eigenvalue weighted by Crippen LogP contribution is 2.67. The average Bonchev–Trinajstić information content (AvgIpc) is 3.66. The Morgan fingerprint density at radius 2 is 1.45 bits per heavy atom. The Labute approximate surface area is 401 Å². The first-order chi connectivity index (χ1) is 31.6. The third-order valence-corrected chi connectivity index (χ3v) is 17.6. The third-order valence-electron chi connectivity index (χ3n) is 17.6. The number of unbranched alkanes of at least 4 members (excludes halogenated alkanes) is 12. The zero-order valence-corrected chi connectivity index (χ0v) is 43.4. The van der Waals surface area contributed by atoms with Crippen molar-refractivity contribution in [2.24, 2.45) is 46.3 Å². The van der Waals surface area contributed by atoms with Crippen LogP contribution in [0.15, 0.2) is 23.8 Å². The van der Waals surface area contributed by atoms with Crippen LogP contribution in [0.4, 0.5) is 4.79 Å². The molecule has 1 saturated heterocycles. The lowest BCUT2D eigenvalue weighted by molar-refractivity contribution is -0.0648. The van der Waals surface area contributed by atoms with Crippen LogP contribution < -0.4 is 0 Å². The molecule has 0 bridgehead atoms. The number of rotatable bonds is 33. The Morgan fingerprint density at radius 1 is 0.738 bits per heavy atom. The normalized spacial score (nSPS) is 29.0. The van der Waals surface area contributed by atoms with Crippen molar-refractivity contribution in [3.63, 3.8) is 0 Å². The Bertz CT molecular complexity index is 1340. The molecule has 0 spiro atoms. The molecule has 3 saturated carbocycles. The van der Waals surface area contributed by atoms with E-state index < -0.39 is 6.16 Å². The van der Waals surface area contributed by atoms with Crippen molar-refractivity contribution >= 4 is 6.16 Å². The van der Waals surface area contributed by atoms with Crippen LogP contribution in [0.5, 0.6) is 0 Å². The molecule has 0 aromatic carbocycles. The Kier molecular flexibility index (Phi) is 25.4. The van der Waals surface area contributed by atoms with E-state index in [0.29, 0.717) is 31.8 Å². The van der Waals surface area contributed by atoms with Crippen molar-refractivity contribution in [2.75, 3.05) is 59.3 Å². The molecule has 5 rings (SSSR count). The largest absolute Gasteiger partial charge is 0.508 e. The van der Waals surface area contributed by atoms with Gasteiger partial charge in [-0.05, 0) is 149 Å². The van der Waals surface area contributed by atoms with Crippen LogP contribution in [0.3, 0.4) is 0 Å². The number of likely N-dealkylation sites (tertiary alicyclic amines) is 1. The maximum Gasteiger partial charge on any atom is 0.508 e. The standard InChI is InChI=1S/C58H103NO6/c1-7-8-9-10-11-12-13-14-15-16-17-18-19-20-21-25-39-62-46-51(45-59-37-23-22-24-38-59)63-42-40-61-41-43-64-56(60)65-50-33-35-57(5)49(44-50)29-30-52-54-32-31-53(48(4)28-26-27-47(2)3)58(54,6)36-34-55(52)57/h14-15,29,47-48,50-55H,7-13,16-28,30-46H2,1-6H3/b15-14-/t48-,50?,51?,52?,53?,54-,55-,57?,58?/m0/s1. The van der Waals surface area contributed by atoms with Gasteiger partial charge >= 0.3 is 6.16 Å². The van der Waals surface area contributed by atoms with Gasteiger partial charge in [-0.15, -0.1) is 0 Å². The van der Waals surface area contributed by atoms with E-state index in [0.717, 1.165) is 87.4 Å². The predicted molar refractivity (Wildman–Crippen MR) is 270 cm³/mol. The number of fused-ring (bicyclic) bond motifs is 5. The van der Waals surface area contributed by atoms with Crippen LogP contribution in [-0.4, -0.2) is 82.5 Å². The van der Waals surface area contributed by atoms with Gasteiger partial charge in [0.05, 0.1) is 32.5 Å². The van der Waals surface area contributed by atoms with E-state index in [1.165, 1.54) is 154 Å². The number of hydrogen-bond acceptors (Lipinski definition) is 7. The van der Waals surface area contributed by atoms with Gasteiger partial charge in [-0.1, -0.05) is 149 Å². The molecular formula is C58H103NO6. The monoisotopic (exact) mass is 910 g/mol. The molecule has 9 atom stereocenters. The maximum atomic E-state index is 12.8. The number of nitrogens with zero attached hydrogens (tertiary/aromatic N) is 1. The second-order valence-corrected chi connectivity index (χ2v) is 22.9. The van der Waals surface area contributed by atoms with Crippen LogP contribution in [0, 0.1) is 46.3 Å². The van der Waals surface area contributed by atoms with Gasteiger partial charge in [0.25, 0.3) is 0 Å². The van der Waals surface area contributed by atoms with Gasteiger partial charge in [-0.3, -0.25) is 0 Å². The SMILES string of the molecule is CCCCCCCC/C=C\CCCCCCCCOCC(CN1CCCCC1)OCCOCCOC(=O)OC1CCC2(C)C(=CCC3[C@@H]2CCC2(C)C([C@@H](C)CCCC(C)C)CC[C@@H]32)C1. The summed E-state index contributed by atoms with van der Waals surface area (Å²) in [7, 11) is 0. The highest BCUT2D eigenvalue weighted by Gasteiger charge is 2.59. The number of hydrogen-bond donors (Lipinski definition) is 0. The average molecular weight is 910 g/mol. The molecule has 0 radical (unpaired) electrons. The molecule has 4 fully saturated rings. The zero-order chi connectivity index (χ0) is 46.2. The third kappa shape index (κ3) is 18.1. The molecule has 0 aromatic rings. The van der Waals surface area contributed by atoms with Crippen molar-refractivity contribution in [2.45, 2.75) is 234 Å². The van der Waals surface area contributed by atoms with Gasteiger partial charge in [-0.2, -0.15) is 0 Å². The van der Waals surface area contributed by atoms with Crippen LogP contribution in [0.25, 0.3) is 0 Å². The summed E-state index contributed by atoms with van der Waals surface area (Å²) in [6, 6.07) is 0. The molecule has 376 valence electrons. The Balaban J connectivity index is 0.899. The summed E-state index contributed by atoms with van der Waals surface area (Å²) in [6.07, 6.45) is 43.1. The van der Waals surface area contributed by atoms with E-state index in [9.17, 15) is 4.79 Å². The van der Waals surface area contributed by atoms with Crippen molar-refractivity contribution in [1.29, 1.82) is 0 Å². The smallest absolute Gasteiger partial charge is 0.432 e. The maximum absolute atomic E-state index is 12.8. The number of ether oxygens (including phenoxy) is 5. The van der Waals surface area contributed by atoms with Crippen LogP contribution >= 0.6 is 0 Å². The molecule has 65 heavy (non-hydrogen) atoms. The number of carbonyl (C=O) groups is 1. The van der Waals surface area contributed by atoms with Gasteiger partial charge in [-0.25, -0.2) is 4.79 Å². The molecule has 1 heterocycles. The summed E-state index contributed by atoms with van der Waals surface area (Å²) < 4.78 is 29.8. The molecule has 1 aliphatic heterocycles. The number of piperidine rings is 1. The molecule has 0 amide bonds. The summed E-state index contributed by atoms with van der Waals surface area (Å²) in [5.41, 5.74) is 2.30. The zero-order valence-electron chi connectivity index (χ0n) is 43.4. The first-order valence-corrected chi connectivity index (χ1v) is 28.3. The fourth-order valence-electron chi connectivity index (χ4n) is 13.7. The van der Waals surface area contributed by atoms with Crippen molar-refractivity contribution in [1.82, 2.24) is 4.90 Å². The molecule has 0 aromatic heterocycles. The lowest BCUT2D eigenvalue weighted by Gasteiger charge is -2.58. The molecule has 5 aliphatic rings. The highest BCUT2D eigenvalue weighted by molar-refractivity contribution is 5.60. The van der Waals surface area contributed by atoms with E-state index in [1.54, 1.807) is 5.57 Å². The summed E-state index contributed by atoms with van der Waals surface area (Å²) in [6.45, 7) is 21.0. The quantitative estimate of drug-likeness (QED) is 0.0369. The summed E-state index contributed by atoms with van der Waals surface area (Å²) in [4.78, 5) is 15.4. The minimum Gasteiger partial charge on any atom is -0.432 e. The van der Waals surface area contributed by atoms with Crippen LogP contribution in [-0.2, 0) is 23.7 Å². The minimum atomic E-state index is -0.554. The first-order valence-electron chi connectivity index (χ1n) is 28.3. The molecule has 7 heteroatoms. The second kappa shape index (κ2) is 30.3. The van der Waals surface area contributed by atoms with E-state index in [1.807, 2.05) is 0 Å². The van der Waals surface area contributed by atoms with E-state index in [4.69, 9.17) is 23.7 Å². The first kappa shape index (κ1) is 54.5. The minimum absolute atomic E-state index is 0.0472. The Hall–Kier alpha value is -1.41. The Morgan fingerprint density at radius 3 is 2.18 bits per heavy atom. The number of carbonyl (C=O) groups excluding carboxylic acids is 1. The van der Waals surface area contributed by atoms with Crippen molar-refractivity contribution < 1.29 is 28.5 Å². The van der Waals surface area contributed by atoms with Gasteiger partial charge in [0.1, 0.15) is 12.7 Å². The van der Waals surface area contributed by atoms with Crippen molar-refractivity contribution in [3.8, 4) is 0 Å². The van der Waals surface area contributed by atoms with E-state index in [-0.39, 0.29) is 24.2 Å². The predicted octanol–water partition coefficient (Wildman–Crippen LogP) is 15.5. The number of allylic oxidation sites excluding steroid dienone is 3. The fourth-order valence-corrected chi connectivity index (χ4v) is 13.7. The van der Waals surface area contributed by atoms with Gasteiger partial charge in [0.15, 0.2) is 0 Å². The second-order valence-electron chi connectivity index (χ2n) is 22.9. The molecule has 7 nitrogen and oxygen atoms in total. The summed E-state index contributed by atoms with van der Waals surface area (Å²) >= 11 is 0. The summed E-state index contributed by atoms with van der Waals surface area (Å²) in [5.74, 6) is 5.00. The topological polar surface area (TPSA) is 66.5 Å². The van der Waals surface area contributed by atoms with E-state index >= 15 is 0 Å². The lowest BCUT2D eigenvalue weighted by atomic mass is 9.47. The van der Waals surface area contributed by atoms with Gasteiger partial charge < -0.3 is 28.6 Å². The van der Waals surface area contributed by atoms with Crippen LogP contribution in [0.1, 0.15) is 221 Å². The van der Waals surface area contributed by atoms with Crippen molar-refractivity contribution in [3.05, 3.63) is 23.8 Å². The highest BCUT2D eigenvalue weighted by atomic mass is 16.7. The molecule has 4 aliphatic carbocycles. The van der Waals surface area contributed by atoms with E-state index in [2.05, 4.69) is 64.7 Å². The summed E-state index contributed by atoms with van der Waals surface area (Å²) in [5, 5.41) is 0. The van der Waals surface area contributed by atoms with Gasteiger partial charge in [0, 0.05) is 19.6 Å². The molecule has 6 unspecified atom stereocenters. The molecular weight excluding hydrogens is 807 g/mol. The fraction of sp³-hybridized carbons (Fsp3) is 0.914. The lowest BCUT2D eigenvalue weighted by Crippen LogP contribution is -2.51. The molecule has 0 N–H and O–H groups in total. The van der Waals surface area contributed by atoms with Gasteiger partial charge in [0.2, 0.25) is 0 Å². The van der Waals surface area contributed by atoms with Crippen LogP contribution in [0.2, 0.25) is 0 Å².